The molecule has 3 rings (SSSR count). The summed E-state index contributed by atoms with van der Waals surface area (Å²) in [4.78, 5) is 12.6. The van der Waals surface area contributed by atoms with Crippen molar-refractivity contribution in [3.8, 4) is 0 Å². The zero-order valence-electron chi connectivity index (χ0n) is 18.9. The smallest absolute Gasteiger partial charge is 0.115 e. The minimum Gasteiger partial charge on any atom is -0.265 e. The lowest BCUT2D eigenvalue weighted by Gasteiger charge is -1.95. The minimum absolute atomic E-state index is 0.704. The fourth-order valence-corrected chi connectivity index (χ4v) is 1.93. The first-order chi connectivity index (χ1) is 13.3. The lowest BCUT2D eigenvalue weighted by molar-refractivity contribution is 0.736. The van der Waals surface area contributed by atoms with Gasteiger partial charge in [-0.2, -0.15) is 0 Å². The van der Waals surface area contributed by atoms with E-state index < -0.39 is 0 Å². The van der Waals surface area contributed by atoms with Crippen molar-refractivity contribution in [1.29, 1.82) is 0 Å². The van der Waals surface area contributed by atoms with Crippen LogP contribution in [0.15, 0.2) is 72.9 Å². The maximum Gasteiger partial charge on any atom is 0.115 e. The first-order valence-electron chi connectivity index (χ1n) is 9.85. The monoisotopic (exact) mass is 401 g/mol. The predicted molar refractivity (Wildman–Crippen MR) is 126 cm³/mol. The largest absolute Gasteiger partial charge is 0.265 e. The Labute approximate surface area is 177 Å². The van der Waals surface area contributed by atoms with E-state index in [4.69, 9.17) is 0 Å². The van der Waals surface area contributed by atoms with Gasteiger partial charge >= 0.3 is 0 Å². The summed E-state index contributed by atoms with van der Waals surface area (Å²) in [6, 6.07) is 11.8. The summed E-state index contributed by atoms with van der Waals surface area (Å²) in [5.74, 6) is 2.37. The summed E-state index contributed by atoms with van der Waals surface area (Å²) in [7, 11) is 0. The van der Waals surface area contributed by atoms with E-state index in [0.29, 0.717) is 5.92 Å². The molecule has 0 aromatic carbocycles. The number of nitrogens with zero attached hydrogens (tertiary/aromatic N) is 3. The van der Waals surface area contributed by atoms with Crippen LogP contribution in [0.25, 0.3) is 0 Å². The maximum atomic E-state index is 3.78. The summed E-state index contributed by atoms with van der Waals surface area (Å²) in [5.41, 5.74) is 0. The molecule has 0 fully saturated rings. The van der Waals surface area contributed by atoms with Gasteiger partial charge in [-0.1, -0.05) is 67.5 Å². The van der Waals surface area contributed by atoms with Gasteiger partial charge in [0.1, 0.15) is 6.33 Å². The third-order valence-corrected chi connectivity index (χ3v) is 3.33. The molecule has 0 spiro atoms. The first-order valence-corrected chi connectivity index (χ1v) is 10.7. The van der Waals surface area contributed by atoms with Crippen molar-refractivity contribution in [3.63, 3.8) is 0 Å². The number of hydrogen-bond acceptors (Lipinski definition) is 4. The lowest BCUT2D eigenvalue weighted by atomic mass is 10.2. The Morgan fingerprint density at radius 2 is 1.07 bits per heavy atom. The SMILES string of the molecule is CC(C)C.CC(C)C.CC(C)c1cccs1.c1ccncc1.c1cncnc1. The van der Waals surface area contributed by atoms with Crippen molar-refractivity contribution in [2.45, 2.75) is 61.3 Å². The van der Waals surface area contributed by atoms with Gasteiger partial charge in [0, 0.05) is 29.7 Å². The van der Waals surface area contributed by atoms with Gasteiger partial charge in [-0.15, -0.1) is 11.3 Å². The molecule has 28 heavy (non-hydrogen) atoms. The Morgan fingerprint density at radius 3 is 1.21 bits per heavy atom. The Bertz CT molecular complexity index is 498. The molecule has 0 unspecified atom stereocenters. The number of thiophene rings is 1. The molecule has 0 saturated carbocycles. The molecular weight excluding hydrogens is 362 g/mol. The van der Waals surface area contributed by atoms with Crippen molar-refractivity contribution in [2.24, 2.45) is 11.8 Å². The zero-order valence-corrected chi connectivity index (χ0v) is 19.7. The van der Waals surface area contributed by atoms with Gasteiger partial charge in [0.25, 0.3) is 0 Å². The molecule has 0 amide bonds. The number of hydrogen-bond donors (Lipinski definition) is 0. The van der Waals surface area contributed by atoms with Crippen LogP contribution in [-0.2, 0) is 0 Å². The number of aromatic nitrogens is 3. The summed E-state index contributed by atoms with van der Waals surface area (Å²) in [6.45, 7) is 17.4. The molecule has 0 saturated heterocycles. The quantitative estimate of drug-likeness (QED) is 0.418. The summed E-state index contributed by atoms with van der Waals surface area (Å²) in [6.07, 6.45) is 8.38. The van der Waals surface area contributed by atoms with Gasteiger partial charge < -0.3 is 0 Å². The second-order valence-corrected chi connectivity index (χ2v) is 8.54. The standard InChI is InChI=1S/C7H10S.C5H5N.C4H4N2.2C4H10/c1-6(2)7-4-3-5-8-7;1-2-4-6-5-3-1;1-2-5-4-6-3-1;2*1-4(2)3/h3-6H,1-2H3;1-5H;1-4H;2*4H,1-3H3. The van der Waals surface area contributed by atoms with Crippen molar-refractivity contribution >= 4 is 11.3 Å². The van der Waals surface area contributed by atoms with Gasteiger partial charge in [-0.05, 0) is 47.4 Å². The van der Waals surface area contributed by atoms with Gasteiger partial charge in [-0.3, -0.25) is 4.98 Å². The summed E-state index contributed by atoms with van der Waals surface area (Å²) in [5, 5.41) is 2.12. The highest BCUT2D eigenvalue weighted by molar-refractivity contribution is 7.10. The highest BCUT2D eigenvalue weighted by Gasteiger charge is 1.95. The molecule has 3 nitrogen and oxygen atoms in total. The Balaban J connectivity index is 0. The molecule has 0 aliphatic carbocycles. The molecular formula is C24H39N3S. The average Bonchev–Trinajstić information content (AvgIpc) is 3.20. The van der Waals surface area contributed by atoms with Gasteiger partial charge in [0.15, 0.2) is 0 Å². The molecule has 0 aliphatic rings. The van der Waals surface area contributed by atoms with Gasteiger partial charge in [-0.25, -0.2) is 9.97 Å². The molecule has 3 heterocycles. The van der Waals surface area contributed by atoms with E-state index in [9.17, 15) is 0 Å². The minimum atomic E-state index is 0.704. The van der Waals surface area contributed by atoms with Crippen molar-refractivity contribution in [3.05, 3.63) is 77.8 Å². The molecule has 3 aromatic rings. The highest BCUT2D eigenvalue weighted by Crippen LogP contribution is 2.18. The first kappa shape index (κ1) is 28.1. The van der Waals surface area contributed by atoms with Crippen LogP contribution in [0.5, 0.6) is 0 Å². The Kier molecular flexibility index (Phi) is 21.3. The van der Waals surface area contributed by atoms with Crippen LogP contribution in [0.2, 0.25) is 0 Å². The van der Waals surface area contributed by atoms with E-state index >= 15 is 0 Å². The maximum absolute atomic E-state index is 3.78. The molecule has 156 valence electrons. The van der Waals surface area contributed by atoms with E-state index in [1.807, 2.05) is 29.5 Å². The van der Waals surface area contributed by atoms with Crippen LogP contribution in [0.4, 0.5) is 0 Å². The highest BCUT2D eigenvalue weighted by atomic mass is 32.1. The normalized spacial score (nSPS) is 8.96. The van der Waals surface area contributed by atoms with Crippen LogP contribution < -0.4 is 0 Å². The molecule has 0 atom stereocenters. The van der Waals surface area contributed by atoms with Crippen LogP contribution in [0.1, 0.15) is 66.2 Å². The van der Waals surface area contributed by atoms with Crippen LogP contribution in [-0.4, -0.2) is 15.0 Å². The van der Waals surface area contributed by atoms with Gasteiger partial charge in [0.05, 0.1) is 0 Å². The van der Waals surface area contributed by atoms with Crippen molar-refractivity contribution in [2.75, 3.05) is 0 Å². The topological polar surface area (TPSA) is 38.7 Å². The Morgan fingerprint density at radius 1 is 0.607 bits per heavy atom. The zero-order chi connectivity index (χ0) is 21.6. The van der Waals surface area contributed by atoms with Crippen molar-refractivity contribution < 1.29 is 0 Å². The molecule has 4 heteroatoms. The molecule has 0 N–H and O–H groups in total. The Hall–Kier alpha value is -2.07. The van der Waals surface area contributed by atoms with E-state index in [-0.39, 0.29) is 0 Å². The fourth-order valence-electron chi connectivity index (χ4n) is 1.19. The molecule has 0 aliphatic heterocycles. The van der Waals surface area contributed by atoms with E-state index in [2.05, 4.69) is 87.9 Å². The second kappa shape index (κ2) is 21.2. The number of pyridine rings is 1. The molecule has 3 aromatic heterocycles. The molecule has 0 radical (unpaired) electrons. The van der Waals surface area contributed by atoms with E-state index in [1.165, 1.54) is 11.2 Å². The van der Waals surface area contributed by atoms with Crippen LogP contribution in [0, 0.1) is 11.8 Å². The van der Waals surface area contributed by atoms with E-state index in [0.717, 1.165) is 11.8 Å². The second-order valence-electron chi connectivity index (χ2n) is 7.56. The third-order valence-electron chi connectivity index (χ3n) is 2.16. The van der Waals surface area contributed by atoms with E-state index in [1.54, 1.807) is 30.9 Å². The predicted octanol–water partition coefficient (Wildman–Crippen LogP) is 7.75. The van der Waals surface area contributed by atoms with Gasteiger partial charge in [0.2, 0.25) is 0 Å². The van der Waals surface area contributed by atoms with Crippen molar-refractivity contribution in [1.82, 2.24) is 15.0 Å². The summed E-state index contributed by atoms with van der Waals surface area (Å²) >= 11 is 1.83. The van der Waals surface area contributed by atoms with Crippen LogP contribution in [0.3, 0.4) is 0 Å². The molecule has 0 bridgehead atoms. The lowest BCUT2D eigenvalue weighted by Crippen LogP contribution is -1.77. The van der Waals surface area contributed by atoms with Crippen LogP contribution >= 0.6 is 11.3 Å². The third kappa shape index (κ3) is 28.7. The number of rotatable bonds is 1. The summed E-state index contributed by atoms with van der Waals surface area (Å²) < 4.78 is 0. The average molecular weight is 402 g/mol. The fraction of sp³-hybridized carbons (Fsp3) is 0.458.